The van der Waals surface area contributed by atoms with E-state index in [4.69, 9.17) is 10.00 Å². The molecule has 0 saturated heterocycles. The molecule has 0 radical (unpaired) electrons. The van der Waals surface area contributed by atoms with E-state index in [1.54, 1.807) is 0 Å². The van der Waals surface area contributed by atoms with Gasteiger partial charge in [-0.05, 0) is 23.3 Å². The van der Waals surface area contributed by atoms with Crippen LogP contribution in [0.2, 0.25) is 0 Å². The zero-order valence-electron chi connectivity index (χ0n) is 11.5. The van der Waals surface area contributed by atoms with Crippen molar-refractivity contribution in [1.82, 2.24) is 0 Å². The van der Waals surface area contributed by atoms with Crippen molar-refractivity contribution in [3.8, 4) is 11.8 Å². The summed E-state index contributed by atoms with van der Waals surface area (Å²) in [6.07, 6.45) is 0.419. The van der Waals surface area contributed by atoms with E-state index in [1.165, 1.54) is 0 Å². The Bertz CT molecular complexity index is 514. The number of ether oxygens (including phenoxy) is 1. The monoisotopic (exact) mass is 253 g/mol. The molecule has 2 aromatic carbocycles. The Kier molecular flexibility index (Phi) is 6.82. The van der Waals surface area contributed by atoms with E-state index < -0.39 is 0 Å². The fraction of sp³-hybridized carbons (Fsp3) is 0.235. The van der Waals surface area contributed by atoms with E-state index in [2.05, 4.69) is 6.07 Å². The predicted molar refractivity (Wildman–Crippen MR) is 77.9 cm³/mol. The van der Waals surface area contributed by atoms with Gasteiger partial charge in [-0.15, -0.1) is 0 Å². The third-order valence-corrected chi connectivity index (χ3v) is 2.43. The van der Waals surface area contributed by atoms with Crippen molar-refractivity contribution in [3.63, 3.8) is 0 Å². The first-order chi connectivity index (χ1) is 9.38. The summed E-state index contributed by atoms with van der Waals surface area (Å²) < 4.78 is 5.67. The summed E-state index contributed by atoms with van der Waals surface area (Å²) in [4.78, 5) is 0. The Morgan fingerprint density at radius 2 is 1.63 bits per heavy atom. The van der Waals surface area contributed by atoms with Gasteiger partial charge < -0.3 is 4.74 Å². The minimum absolute atomic E-state index is 0.419. The lowest BCUT2D eigenvalue weighted by molar-refractivity contribution is 0.306. The smallest absolute Gasteiger partial charge is 0.120 e. The minimum Gasteiger partial charge on any atom is -0.489 e. The molecule has 0 aliphatic rings. The van der Waals surface area contributed by atoms with Crippen LogP contribution in [0, 0.1) is 11.3 Å². The third-order valence-electron chi connectivity index (χ3n) is 2.43. The Morgan fingerprint density at radius 3 is 2.32 bits per heavy atom. The highest BCUT2D eigenvalue weighted by atomic mass is 16.5. The Labute approximate surface area is 115 Å². The summed E-state index contributed by atoms with van der Waals surface area (Å²) in [6.45, 7) is 4.55. The van der Waals surface area contributed by atoms with Crippen molar-refractivity contribution in [3.05, 3.63) is 65.7 Å². The van der Waals surface area contributed by atoms with Crippen molar-refractivity contribution in [2.75, 3.05) is 0 Å². The van der Waals surface area contributed by atoms with Crippen molar-refractivity contribution in [2.24, 2.45) is 0 Å². The van der Waals surface area contributed by atoms with Crippen molar-refractivity contribution < 1.29 is 4.74 Å². The molecule has 0 heterocycles. The number of nitriles is 1. The van der Waals surface area contributed by atoms with E-state index in [1.807, 2.05) is 68.4 Å². The van der Waals surface area contributed by atoms with Gasteiger partial charge in [-0.25, -0.2) is 0 Å². The van der Waals surface area contributed by atoms with Gasteiger partial charge in [0.05, 0.1) is 12.5 Å². The second kappa shape index (κ2) is 8.77. The molecule has 0 bridgehead atoms. The van der Waals surface area contributed by atoms with Gasteiger partial charge in [-0.1, -0.05) is 56.3 Å². The summed E-state index contributed by atoms with van der Waals surface area (Å²) >= 11 is 0. The number of nitrogens with zero attached hydrogens (tertiary/aromatic N) is 1. The lowest BCUT2D eigenvalue weighted by Gasteiger charge is -2.06. The van der Waals surface area contributed by atoms with Crippen molar-refractivity contribution >= 4 is 0 Å². The first kappa shape index (κ1) is 14.8. The highest BCUT2D eigenvalue weighted by molar-refractivity contribution is 5.30. The number of rotatable bonds is 4. The zero-order valence-corrected chi connectivity index (χ0v) is 11.5. The SMILES string of the molecule is CC.N#CCc1cccc(OCc2ccccc2)c1. The van der Waals surface area contributed by atoms with Gasteiger partial charge in [0.2, 0.25) is 0 Å². The maximum absolute atomic E-state index is 8.63. The number of benzene rings is 2. The van der Waals surface area contributed by atoms with E-state index in [0.29, 0.717) is 13.0 Å². The molecule has 0 saturated carbocycles. The highest BCUT2D eigenvalue weighted by Crippen LogP contribution is 2.15. The molecule has 2 heteroatoms. The molecule has 0 amide bonds. The van der Waals surface area contributed by atoms with Crippen LogP contribution in [0.25, 0.3) is 0 Å². The molecule has 0 N–H and O–H groups in total. The van der Waals surface area contributed by atoms with E-state index in [9.17, 15) is 0 Å². The van der Waals surface area contributed by atoms with Crippen molar-refractivity contribution in [1.29, 1.82) is 5.26 Å². The lowest BCUT2D eigenvalue weighted by atomic mass is 10.1. The molecule has 2 aromatic rings. The van der Waals surface area contributed by atoms with Gasteiger partial charge in [-0.2, -0.15) is 5.26 Å². The fourth-order valence-corrected chi connectivity index (χ4v) is 1.58. The van der Waals surface area contributed by atoms with Crippen LogP contribution in [0.5, 0.6) is 5.75 Å². The van der Waals surface area contributed by atoms with Crippen LogP contribution < -0.4 is 4.74 Å². The molecule has 0 unspecified atom stereocenters. The van der Waals surface area contributed by atoms with Gasteiger partial charge in [-0.3, -0.25) is 0 Å². The van der Waals surface area contributed by atoms with Crippen LogP contribution in [-0.2, 0) is 13.0 Å². The lowest BCUT2D eigenvalue weighted by Crippen LogP contribution is -1.95. The van der Waals surface area contributed by atoms with Crippen LogP contribution in [0.1, 0.15) is 25.0 Å². The molecule has 0 aliphatic heterocycles. The topological polar surface area (TPSA) is 33.0 Å². The number of hydrogen-bond donors (Lipinski definition) is 0. The summed E-state index contributed by atoms with van der Waals surface area (Å²) in [5.41, 5.74) is 2.12. The minimum atomic E-state index is 0.419. The van der Waals surface area contributed by atoms with Crippen molar-refractivity contribution in [2.45, 2.75) is 26.9 Å². The Hall–Kier alpha value is -2.27. The normalized spacial score (nSPS) is 8.89. The number of hydrogen-bond acceptors (Lipinski definition) is 2. The molecule has 2 rings (SSSR count). The molecule has 0 aromatic heterocycles. The summed E-state index contributed by atoms with van der Waals surface area (Å²) in [7, 11) is 0. The second-order valence-corrected chi connectivity index (χ2v) is 3.76. The summed E-state index contributed by atoms with van der Waals surface area (Å²) in [5.74, 6) is 0.807. The molecule has 0 aliphatic carbocycles. The molecule has 2 nitrogen and oxygen atoms in total. The quantitative estimate of drug-likeness (QED) is 0.811. The average molecular weight is 253 g/mol. The Morgan fingerprint density at radius 1 is 0.947 bits per heavy atom. The van der Waals surface area contributed by atoms with Gasteiger partial charge in [0, 0.05) is 0 Å². The zero-order chi connectivity index (χ0) is 13.9. The molecule has 0 fully saturated rings. The first-order valence-electron chi connectivity index (χ1n) is 6.51. The molecular weight excluding hydrogens is 234 g/mol. The Balaban J connectivity index is 0.000000861. The van der Waals surface area contributed by atoms with Crippen LogP contribution in [-0.4, -0.2) is 0 Å². The van der Waals surface area contributed by atoms with E-state index in [0.717, 1.165) is 16.9 Å². The first-order valence-corrected chi connectivity index (χ1v) is 6.51. The third kappa shape index (κ3) is 5.27. The van der Waals surface area contributed by atoms with Gasteiger partial charge >= 0.3 is 0 Å². The maximum Gasteiger partial charge on any atom is 0.120 e. The van der Waals surface area contributed by atoms with Gasteiger partial charge in [0.15, 0.2) is 0 Å². The van der Waals surface area contributed by atoms with E-state index >= 15 is 0 Å². The summed E-state index contributed by atoms with van der Waals surface area (Å²) in [6, 6.07) is 19.8. The largest absolute Gasteiger partial charge is 0.489 e. The second-order valence-electron chi connectivity index (χ2n) is 3.76. The van der Waals surface area contributed by atoms with Gasteiger partial charge in [0.1, 0.15) is 12.4 Å². The van der Waals surface area contributed by atoms with Crippen LogP contribution in [0.15, 0.2) is 54.6 Å². The fourth-order valence-electron chi connectivity index (χ4n) is 1.58. The molecular formula is C17H19NO. The molecule has 19 heavy (non-hydrogen) atoms. The molecule has 98 valence electrons. The van der Waals surface area contributed by atoms with Gasteiger partial charge in [0.25, 0.3) is 0 Å². The summed E-state index contributed by atoms with van der Waals surface area (Å²) in [5, 5.41) is 8.63. The average Bonchev–Trinajstić information content (AvgIpc) is 2.49. The standard InChI is InChI=1S/C15H13NO.C2H6/c16-10-9-13-7-4-8-15(11-13)17-12-14-5-2-1-3-6-14;1-2/h1-8,11H,9,12H2;1-2H3. The van der Waals surface area contributed by atoms with Crippen LogP contribution in [0.3, 0.4) is 0 Å². The predicted octanol–water partition coefficient (Wildman–Crippen LogP) is 4.36. The van der Waals surface area contributed by atoms with Crippen LogP contribution >= 0.6 is 0 Å². The highest BCUT2D eigenvalue weighted by Gasteiger charge is 1.97. The van der Waals surface area contributed by atoms with E-state index in [-0.39, 0.29) is 0 Å². The van der Waals surface area contributed by atoms with Crippen LogP contribution in [0.4, 0.5) is 0 Å². The molecule has 0 atom stereocenters. The maximum atomic E-state index is 8.63. The molecule has 0 spiro atoms.